The maximum Gasteiger partial charge on any atom is 0.338 e. The highest BCUT2D eigenvalue weighted by atomic mass is 16.6. The van der Waals surface area contributed by atoms with Crippen LogP contribution < -0.4 is 5.32 Å². The van der Waals surface area contributed by atoms with Crippen LogP contribution in [-0.4, -0.2) is 25.2 Å². The van der Waals surface area contributed by atoms with E-state index in [1.165, 1.54) is 0 Å². The maximum atomic E-state index is 11.9. The zero-order valence-electron chi connectivity index (χ0n) is 11.3. The van der Waals surface area contributed by atoms with E-state index in [1.54, 1.807) is 12.1 Å². The molecular weight excluding hydrogens is 226 g/mol. The maximum absolute atomic E-state index is 11.9. The Morgan fingerprint density at radius 1 is 1.39 bits per heavy atom. The average molecular weight is 245 g/mol. The molecule has 0 amide bonds. The molecule has 0 aromatic heterocycles. The lowest BCUT2D eigenvalue weighted by Gasteiger charge is -2.19. The number of nitrogens with one attached hydrogen (secondary N) is 1. The first-order chi connectivity index (χ1) is 8.42. The van der Waals surface area contributed by atoms with Gasteiger partial charge in [-0.1, -0.05) is 17.9 Å². The molecule has 0 heterocycles. The van der Waals surface area contributed by atoms with Gasteiger partial charge in [0.15, 0.2) is 0 Å². The topological polar surface area (TPSA) is 38.3 Å². The fourth-order valence-electron chi connectivity index (χ4n) is 1.30. The fraction of sp³-hybridized carbons (Fsp3) is 0.400. The number of carbonyl (C=O) groups excluding carboxylic acids is 1. The van der Waals surface area contributed by atoms with Crippen molar-refractivity contribution in [2.75, 3.05) is 13.6 Å². The van der Waals surface area contributed by atoms with Gasteiger partial charge in [0, 0.05) is 5.56 Å². The monoisotopic (exact) mass is 245 g/mol. The third kappa shape index (κ3) is 5.03. The number of esters is 1. The van der Waals surface area contributed by atoms with E-state index in [4.69, 9.17) is 4.74 Å². The standard InChI is InChI=1S/C15H19NO2/c1-15(2,3)18-14(17)13-9-5-7-12(11-13)8-6-10-16-4/h5,7,9,11,16H,10H2,1-4H3. The van der Waals surface area contributed by atoms with Crippen LogP contribution in [0.4, 0.5) is 0 Å². The summed E-state index contributed by atoms with van der Waals surface area (Å²) in [6, 6.07) is 7.16. The molecule has 0 bridgehead atoms. The Hall–Kier alpha value is -1.79. The minimum absolute atomic E-state index is 0.320. The van der Waals surface area contributed by atoms with Crippen LogP contribution >= 0.6 is 0 Å². The van der Waals surface area contributed by atoms with Gasteiger partial charge >= 0.3 is 5.97 Å². The molecule has 1 rings (SSSR count). The van der Waals surface area contributed by atoms with E-state index in [0.29, 0.717) is 12.1 Å². The zero-order valence-corrected chi connectivity index (χ0v) is 11.3. The van der Waals surface area contributed by atoms with Crippen LogP contribution in [0.5, 0.6) is 0 Å². The average Bonchev–Trinajstić information content (AvgIpc) is 2.27. The zero-order chi connectivity index (χ0) is 13.6. The number of carbonyl (C=O) groups is 1. The van der Waals surface area contributed by atoms with Crippen LogP contribution in [0.15, 0.2) is 24.3 Å². The Labute approximate surface area is 109 Å². The minimum atomic E-state index is -0.481. The summed E-state index contributed by atoms with van der Waals surface area (Å²) in [5.41, 5.74) is 0.861. The predicted octanol–water partition coefficient (Wildman–Crippen LogP) is 2.21. The van der Waals surface area contributed by atoms with Crippen LogP contribution in [0, 0.1) is 11.8 Å². The summed E-state index contributed by atoms with van der Waals surface area (Å²) in [6.45, 7) is 6.17. The second-order valence-electron chi connectivity index (χ2n) is 4.91. The van der Waals surface area contributed by atoms with Gasteiger partial charge in [-0.2, -0.15) is 0 Å². The molecule has 0 saturated heterocycles. The molecule has 18 heavy (non-hydrogen) atoms. The molecule has 0 saturated carbocycles. The minimum Gasteiger partial charge on any atom is -0.456 e. The van der Waals surface area contributed by atoms with Crippen molar-refractivity contribution < 1.29 is 9.53 Å². The first kappa shape index (κ1) is 14.3. The van der Waals surface area contributed by atoms with Crippen LogP contribution in [0.25, 0.3) is 0 Å². The van der Waals surface area contributed by atoms with E-state index in [2.05, 4.69) is 17.2 Å². The largest absolute Gasteiger partial charge is 0.456 e. The lowest BCUT2D eigenvalue weighted by molar-refractivity contribution is 0.00695. The Kier molecular flexibility index (Phi) is 4.94. The van der Waals surface area contributed by atoms with Crippen LogP contribution in [0.1, 0.15) is 36.7 Å². The second kappa shape index (κ2) is 6.23. The Bertz CT molecular complexity index is 475. The predicted molar refractivity (Wildman–Crippen MR) is 72.4 cm³/mol. The molecule has 96 valence electrons. The highest BCUT2D eigenvalue weighted by Gasteiger charge is 2.17. The Morgan fingerprint density at radius 2 is 2.11 bits per heavy atom. The van der Waals surface area contributed by atoms with Gasteiger partial charge in [-0.15, -0.1) is 0 Å². The Morgan fingerprint density at radius 3 is 2.72 bits per heavy atom. The van der Waals surface area contributed by atoms with Crippen molar-refractivity contribution in [1.82, 2.24) is 5.32 Å². The molecule has 0 aliphatic carbocycles. The lowest BCUT2D eigenvalue weighted by atomic mass is 10.1. The molecule has 0 spiro atoms. The summed E-state index contributed by atoms with van der Waals surface area (Å²) in [4.78, 5) is 11.9. The molecule has 1 aromatic carbocycles. The van der Waals surface area contributed by atoms with Gasteiger partial charge in [-0.3, -0.25) is 0 Å². The van der Waals surface area contributed by atoms with Crippen LogP contribution in [-0.2, 0) is 4.74 Å². The fourth-order valence-corrected chi connectivity index (χ4v) is 1.30. The first-order valence-electron chi connectivity index (χ1n) is 5.89. The summed E-state index contributed by atoms with van der Waals surface area (Å²) in [5.74, 6) is 5.62. The van der Waals surface area contributed by atoms with E-state index in [9.17, 15) is 4.79 Å². The van der Waals surface area contributed by atoms with Crippen molar-refractivity contribution in [1.29, 1.82) is 0 Å². The summed E-state index contributed by atoms with van der Waals surface area (Å²) in [7, 11) is 1.84. The highest BCUT2D eigenvalue weighted by Crippen LogP contribution is 2.12. The summed E-state index contributed by atoms with van der Waals surface area (Å²) in [6.07, 6.45) is 0. The smallest absolute Gasteiger partial charge is 0.338 e. The SMILES string of the molecule is CNCC#Cc1cccc(C(=O)OC(C)(C)C)c1. The van der Waals surface area contributed by atoms with Crippen LogP contribution in [0.3, 0.4) is 0 Å². The number of benzene rings is 1. The number of hydrogen-bond donors (Lipinski definition) is 1. The molecule has 0 atom stereocenters. The van der Waals surface area contributed by atoms with Gasteiger partial charge in [0.25, 0.3) is 0 Å². The van der Waals surface area contributed by atoms with Crippen molar-refractivity contribution in [2.45, 2.75) is 26.4 Å². The first-order valence-corrected chi connectivity index (χ1v) is 5.89. The van der Waals surface area contributed by atoms with Gasteiger partial charge < -0.3 is 10.1 Å². The van der Waals surface area contributed by atoms with E-state index in [1.807, 2.05) is 40.0 Å². The number of ether oxygens (including phenoxy) is 1. The van der Waals surface area contributed by atoms with Crippen molar-refractivity contribution in [3.8, 4) is 11.8 Å². The van der Waals surface area contributed by atoms with Crippen molar-refractivity contribution in [3.63, 3.8) is 0 Å². The quantitative estimate of drug-likeness (QED) is 0.641. The van der Waals surface area contributed by atoms with E-state index < -0.39 is 5.60 Å². The Balaban J connectivity index is 2.83. The summed E-state index contributed by atoms with van der Waals surface area (Å²) < 4.78 is 5.30. The van der Waals surface area contributed by atoms with Gasteiger partial charge in [0.1, 0.15) is 5.60 Å². The van der Waals surface area contributed by atoms with Crippen molar-refractivity contribution in [3.05, 3.63) is 35.4 Å². The van der Waals surface area contributed by atoms with Crippen molar-refractivity contribution in [2.24, 2.45) is 0 Å². The van der Waals surface area contributed by atoms with Gasteiger partial charge in [-0.25, -0.2) is 4.79 Å². The number of rotatable bonds is 2. The van der Waals surface area contributed by atoms with Gasteiger partial charge in [0.05, 0.1) is 12.1 Å². The summed E-state index contributed by atoms with van der Waals surface area (Å²) >= 11 is 0. The molecule has 0 aliphatic rings. The molecular formula is C15H19NO2. The molecule has 3 nitrogen and oxygen atoms in total. The molecule has 0 fully saturated rings. The molecule has 3 heteroatoms. The molecule has 0 unspecified atom stereocenters. The van der Waals surface area contributed by atoms with E-state index >= 15 is 0 Å². The van der Waals surface area contributed by atoms with Gasteiger partial charge in [-0.05, 0) is 46.0 Å². The third-order valence-corrected chi connectivity index (χ3v) is 2.00. The van der Waals surface area contributed by atoms with E-state index in [-0.39, 0.29) is 5.97 Å². The molecule has 1 N–H and O–H groups in total. The summed E-state index contributed by atoms with van der Waals surface area (Å²) in [5, 5.41) is 2.94. The molecule has 0 radical (unpaired) electrons. The normalized spacial score (nSPS) is 10.4. The highest BCUT2D eigenvalue weighted by molar-refractivity contribution is 5.90. The van der Waals surface area contributed by atoms with E-state index in [0.717, 1.165) is 5.56 Å². The van der Waals surface area contributed by atoms with Crippen LogP contribution in [0.2, 0.25) is 0 Å². The number of hydrogen-bond acceptors (Lipinski definition) is 3. The van der Waals surface area contributed by atoms with Crippen molar-refractivity contribution >= 4 is 5.97 Å². The molecule has 1 aromatic rings. The lowest BCUT2D eigenvalue weighted by Crippen LogP contribution is -2.23. The second-order valence-corrected chi connectivity index (χ2v) is 4.91. The van der Waals surface area contributed by atoms with Gasteiger partial charge in [0.2, 0.25) is 0 Å². The molecule has 0 aliphatic heterocycles. The third-order valence-electron chi connectivity index (χ3n) is 2.00.